The van der Waals surface area contributed by atoms with Gasteiger partial charge in [0.25, 0.3) is 0 Å². The zero-order valence-electron chi connectivity index (χ0n) is 6.19. The first kappa shape index (κ1) is 7.82. The minimum Gasteiger partial charge on any atom is -0.379 e. The average Bonchev–Trinajstić information content (AvgIpc) is 2.16. The van der Waals surface area contributed by atoms with E-state index in [0.29, 0.717) is 24.7 Å². The van der Waals surface area contributed by atoms with E-state index in [9.17, 15) is 9.11 Å². The lowest BCUT2D eigenvalue weighted by Crippen LogP contribution is -2.46. The van der Waals surface area contributed by atoms with Gasteiger partial charge in [0.2, 0.25) is 0 Å². The van der Waals surface area contributed by atoms with E-state index in [1.165, 1.54) is 0 Å². The molecule has 2 unspecified atom stereocenters. The Bertz CT molecular complexity index is 187. The summed E-state index contributed by atoms with van der Waals surface area (Å²) < 4.78 is 23.9. The second-order valence-electron chi connectivity index (χ2n) is 3.56. The monoisotopic (exact) mass is 179 g/mol. The molecule has 0 aromatic heterocycles. The Balaban J connectivity index is 2.19. The van der Waals surface area contributed by atoms with Crippen LogP contribution in [-0.4, -0.2) is 39.4 Å². The molecule has 11 heavy (non-hydrogen) atoms. The molecule has 4 N–H and O–H groups in total. The third kappa shape index (κ3) is 1.17. The van der Waals surface area contributed by atoms with E-state index < -0.39 is 16.1 Å². The van der Waals surface area contributed by atoms with Gasteiger partial charge in [0.1, 0.15) is 0 Å². The lowest BCUT2D eigenvalue weighted by Gasteiger charge is -2.28. The molecule has 0 saturated carbocycles. The molecule has 2 aliphatic heterocycles. The summed E-state index contributed by atoms with van der Waals surface area (Å²) >= 11 is 0. The maximum absolute atomic E-state index is 9.37. The SMILES string of the molecule is NC12COCC1CS(O)(O)C2. The van der Waals surface area contributed by atoms with Crippen LogP contribution in [0.5, 0.6) is 0 Å². The number of fused-ring (bicyclic) bond motifs is 1. The van der Waals surface area contributed by atoms with Crippen molar-refractivity contribution in [2.24, 2.45) is 11.7 Å². The Morgan fingerprint density at radius 1 is 1.55 bits per heavy atom. The molecule has 2 saturated heterocycles. The number of rotatable bonds is 0. The third-order valence-corrected chi connectivity index (χ3v) is 4.41. The smallest absolute Gasteiger partial charge is 0.0665 e. The van der Waals surface area contributed by atoms with E-state index in [1.807, 2.05) is 0 Å². The number of hydrogen-bond donors (Lipinski definition) is 3. The molecule has 0 aromatic rings. The van der Waals surface area contributed by atoms with Crippen molar-refractivity contribution >= 4 is 10.6 Å². The summed E-state index contributed by atoms with van der Waals surface area (Å²) in [6, 6.07) is 0. The summed E-state index contributed by atoms with van der Waals surface area (Å²) in [5.41, 5.74) is 5.47. The van der Waals surface area contributed by atoms with Gasteiger partial charge in [0.15, 0.2) is 0 Å². The molecule has 0 aromatic carbocycles. The van der Waals surface area contributed by atoms with Crippen LogP contribution in [0.3, 0.4) is 0 Å². The van der Waals surface area contributed by atoms with E-state index in [0.717, 1.165) is 0 Å². The van der Waals surface area contributed by atoms with Gasteiger partial charge in [-0.2, -0.15) is 10.6 Å². The predicted octanol–water partition coefficient (Wildman–Crippen LogP) is 0.0945. The zero-order valence-corrected chi connectivity index (χ0v) is 7.01. The first-order valence-electron chi connectivity index (χ1n) is 3.62. The van der Waals surface area contributed by atoms with Crippen molar-refractivity contribution in [3.63, 3.8) is 0 Å². The highest BCUT2D eigenvalue weighted by Crippen LogP contribution is 2.53. The van der Waals surface area contributed by atoms with Crippen molar-refractivity contribution in [1.82, 2.24) is 0 Å². The minimum absolute atomic E-state index is 0.160. The van der Waals surface area contributed by atoms with Crippen molar-refractivity contribution in [3.8, 4) is 0 Å². The third-order valence-electron chi connectivity index (χ3n) is 2.47. The van der Waals surface area contributed by atoms with Gasteiger partial charge >= 0.3 is 0 Å². The van der Waals surface area contributed by atoms with Crippen molar-refractivity contribution in [2.45, 2.75) is 5.54 Å². The van der Waals surface area contributed by atoms with Crippen LogP contribution in [0.1, 0.15) is 0 Å². The van der Waals surface area contributed by atoms with Crippen LogP contribution in [0, 0.1) is 5.92 Å². The first-order valence-corrected chi connectivity index (χ1v) is 5.51. The Hall–Kier alpha value is 0.190. The number of ether oxygens (including phenoxy) is 1. The molecule has 0 radical (unpaired) electrons. The van der Waals surface area contributed by atoms with Gasteiger partial charge in [-0.25, -0.2) is 0 Å². The summed E-state index contributed by atoms with van der Waals surface area (Å²) in [5, 5.41) is 0. The molecule has 0 spiro atoms. The Labute approximate surface area is 67.1 Å². The highest BCUT2D eigenvalue weighted by molar-refractivity contribution is 8.24. The molecule has 0 amide bonds. The fourth-order valence-corrected chi connectivity index (χ4v) is 4.23. The first-order chi connectivity index (χ1) is 5.02. The lowest BCUT2D eigenvalue weighted by atomic mass is 9.92. The van der Waals surface area contributed by atoms with Gasteiger partial charge in [-0.05, 0) is 0 Å². The normalized spacial score (nSPS) is 50.6. The molecule has 2 rings (SSSR count). The summed E-state index contributed by atoms with van der Waals surface area (Å²) in [6.45, 7) is 1.07. The fraction of sp³-hybridized carbons (Fsp3) is 1.00. The van der Waals surface area contributed by atoms with Crippen molar-refractivity contribution in [2.75, 3.05) is 24.7 Å². The minimum atomic E-state index is -2.37. The molecule has 5 heteroatoms. The molecule has 2 atom stereocenters. The molecule has 0 bridgehead atoms. The summed E-state index contributed by atoms with van der Waals surface area (Å²) in [7, 11) is -2.37. The van der Waals surface area contributed by atoms with E-state index in [1.54, 1.807) is 0 Å². The van der Waals surface area contributed by atoms with Crippen molar-refractivity contribution in [3.05, 3.63) is 0 Å². The van der Waals surface area contributed by atoms with E-state index >= 15 is 0 Å². The Morgan fingerprint density at radius 3 is 2.91 bits per heavy atom. The zero-order chi connectivity index (χ0) is 8.11. The van der Waals surface area contributed by atoms with Gasteiger partial charge < -0.3 is 10.5 Å². The Morgan fingerprint density at radius 2 is 2.27 bits per heavy atom. The second-order valence-corrected chi connectivity index (χ2v) is 5.78. The second kappa shape index (κ2) is 2.11. The summed E-state index contributed by atoms with van der Waals surface area (Å²) in [6.07, 6.45) is 0. The molecule has 2 heterocycles. The van der Waals surface area contributed by atoms with Gasteiger partial charge in [-0.15, -0.1) is 0 Å². The van der Waals surface area contributed by atoms with Crippen molar-refractivity contribution < 1.29 is 13.8 Å². The molecule has 0 aliphatic carbocycles. The van der Waals surface area contributed by atoms with E-state index in [-0.39, 0.29) is 5.92 Å². The molecular formula is C6H13NO3S. The summed E-state index contributed by atoms with van der Waals surface area (Å²) in [5.74, 6) is 0.918. The van der Waals surface area contributed by atoms with Crippen LogP contribution < -0.4 is 5.73 Å². The lowest BCUT2D eigenvalue weighted by molar-refractivity contribution is 0.177. The van der Waals surface area contributed by atoms with Gasteiger partial charge in [-0.1, -0.05) is 0 Å². The van der Waals surface area contributed by atoms with Crippen LogP contribution in [0.2, 0.25) is 0 Å². The highest BCUT2D eigenvalue weighted by Gasteiger charge is 2.51. The van der Waals surface area contributed by atoms with Crippen LogP contribution in [0.15, 0.2) is 0 Å². The standard InChI is InChI=1S/C6H13NO3S/c7-6-3-10-1-5(6)2-11(8,9)4-6/h5,8-9H,1-4,7H2. The van der Waals surface area contributed by atoms with Gasteiger partial charge in [0.05, 0.1) is 24.5 Å². The van der Waals surface area contributed by atoms with E-state index in [2.05, 4.69) is 0 Å². The number of nitrogens with two attached hydrogens (primary N) is 1. The summed E-state index contributed by atoms with van der Waals surface area (Å²) in [4.78, 5) is 0. The molecule has 2 aliphatic rings. The van der Waals surface area contributed by atoms with Gasteiger partial charge in [-0.3, -0.25) is 9.11 Å². The Kier molecular flexibility index (Phi) is 1.50. The largest absolute Gasteiger partial charge is 0.379 e. The molecule has 2 fully saturated rings. The highest BCUT2D eigenvalue weighted by atomic mass is 32.3. The average molecular weight is 179 g/mol. The fourth-order valence-electron chi connectivity index (χ4n) is 1.86. The predicted molar refractivity (Wildman–Crippen MR) is 43.8 cm³/mol. The quantitative estimate of drug-likeness (QED) is 0.493. The van der Waals surface area contributed by atoms with Crippen LogP contribution >= 0.6 is 10.6 Å². The number of hydrogen-bond acceptors (Lipinski definition) is 4. The van der Waals surface area contributed by atoms with Crippen LogP contribution in [0.25, 0.3) is 0 Å². The van der Waals surface area contributed by atoms with Crippen molar-refractivity contribution in [1.29, 1.82) is 0 Å². The maximum Gasteiger partial charge on any atom is 0.0665 e. The van der Waals surface area contributed by atoms with E-state index in [4.69, 9.17) is 10.5 Å². The molecule has 4 nitrogen and oxygen atoms in total. The topological polar surface area (TPSA) is 75.7 Å². The van der Waals surface area contributed by atoms with Crippen LogP contribution in [0.4, 0.5) is 0 Å². The van der Waals surface area contributed by atoms with Gasteiger partial charge in [0, 0.05) is 11.7 Å². The molecule has 66 valence electrons. The maximum atomic E-state index is 9.37. The molecular weight excluding hydrogens is 166 g/mol. The van der Waals surface area contributed by atoms with Crippen LogP contribution in [-0.2, 0) is 4.74 Å².